The molecule has 2 rings (SSSR count). The molecule has 0 aliphatic rings. The average Bonchev–Trinajstić information content (AvgIpc) is 2.87. The monoisotopic (exact) mass is 276 g/mol. The SMILES string of the molecule is CC(=O)O[C@H](C[N+](=O)[O-])c1cnn(-c2ccccc2)n1. The molecule has 0 unspecified atom stereocenters. The second-order valence-corrected chi connectivity index (χ2v) is 4.01. The molecule has 0 amide bonds. The number of rotatable bonds is 5. The second kappa shape index (κ2) is 5.91. The number of nitrogens with zero attached hydrogens (tertiary/aromatic N) is 4. The number of ether oxygens (including phenoxy) is 1. The third-order valence-corrected chi connectivity index (χ3v) is 2.45. The highest BCUT2D eigenvalue weighted by Gasteiger charge is 2.24. The van der Waals surface area contributed by atoms with Gasteiger partial charge in [-0.05, 0) is 12.1 Å². The Kier molecular flexibility index (Phi) is 4.04. The van der Waals surface area contributed by atoms with Crippen molar-refractivity contribution in [3.8, 4) is 5.69 Å². The van der Waals surface area contributed by atoms with Crippen LogP contribution in [0.4, 0.5) is 0 Å². The zero-order valence-corrected chi connectivity index (χ0v) is 10.7. The Balaban J connectivity index is 2.24. The Morgan fingerprint density at radius 3 is 2.75 bits per heavy atom. The van der Waals surface area contributed by atoms with Gasteiger partial charge in [0.05, 0.1) is 11.9 Å². The molecule has 0 aliphatic heterocycles. The molecule has 0 radical (unpaired) electrons. The summed E-state index contributed by atoms with van der Waals surface area (Å²) in [4.78, 5) is 22.4. The summed E-state index contributed by atoms with van der Waals surface area (Å²) in [5.74, 6) is -0.605. The molecular formula is C12H12N4O4. The van der Waals surface area contributed by atoms with Crippen LogP contribution < -0.4 is 0 Å². The predicted molar refractivity (Wildman–Crippen MR) is 67.7 cm³/mol. The number of esters is 1. The summed E-state index contributed by atoms with van der Waals surface area (Å²) in [7, 11) is 0. The molecule has 0 fully saturated rings. The van der Waals surface area contributed by atoms with Gasteiger partial charge in [-0.1, -0.05) is 18.2 Å². The van der Waals surface area contributed by atoms with E-state index in [1.54, 1.807) is 12.1 Å². The van der Waals surface area contributed by atoms with Gasteiger partial charge in [-0.15, -0.1) is 5.10 Å². The summed E-state index contributed by atoms with van der Waals surface area (Å²) in [6.07, 6.45) is 0.310. The van der Waals surface area contributed by atoms with Gasteiger partial charge in [0.25, 0.3) is 0 Å². The maximum atomic E-state index is 11.0. The molecule has 20 heavy (non-hydrogen) atoms. The van der Waals surface area contributed by atoms with Crippen molar-refractivity contribution in [2.24, 2.45) is 0 Å². The molecule has 8 heteroatoms. The fourth-order valence-corrected chi connectivity index (χ4v) is 1.64. The minimum absolute atomic E-state index is 0.237. The minimum atomic E-state index is -1.04. The Morgan fingerprint density at radius 1 is 1.45 bits per heavy atom. The highest BCUT2D eigenvalue weighted by atomic mass is 16.6. The lowest BCUT2D eigenvalue weighted by molar-refractivity contribution is -0.491. The van der Waals surface area contributed by atoms with E-state index in [1.165, 1.54) is 17.9 Å². The molecule has 2 aromatic rings. The molecular weight excluding hydrogens is 264 g/mol. The number of hydrogen-bond acceptors (Lipinski definition) is 6. The molecule has 0 saturated heterocycles. The number of para-hydroxylation sites is 1. The van der Waals surface area contributed by atoms with E-state index in [2.05, 4.69) is 10.2 Å². The van der Waals surface area contributed by atoms with Crippen molar-refractivity contribution in [1.82, 2.24) is 15.0 Å². The van der Waals surface area contributed by atoms with Crippen molar-refractivity contribution in [3.05, 3.63) is 52.3 Å². The summed E-state index contributed by atoms with van der Waals surface area (Å²) >= 11 is 0. The summed E-state index contributed by atoms with van der Waals surface area (Å²) in [6.45, 7) is 0.641. The topological polar surface area (TPSA) is 100 Å². The molecule has 104 valence electrons. The van der Waals surface area contributed by atoms with Crippen molar-refractivity contribution >= 4 is 5.97 Å². The largest absolute Gasteiger partial charge is 0.449 e. The van der Waals surface area contributed by atoms with E-state index in [0.717, 1.165) is 0 Å². The Morgan fingerprint density at radius 2 is 2.15 bits per heavy atom. The third kappa shape index (κ3) is 3.37. The lowest BCUT2D eigenvalue weighted by atomic mass is 10.3. The quantitative estimate of drug-likeness (QED) is 0.461. The molecule has 1 atom stereocenters. The van der Waals surface area contributed by atoms with Crippen molar-refractivity contribution < 1.29 is 14.5 Å². The van der Waals surface area contributed by atoms with Gasteiger partial charge in [0.15, 0.2) is 0 Å². The lowest BCUT2D eigenvalue weighted by Gasteiger charge is -2.09. The Hall–Kier alpha value is -2.77. The summed E-state index contributed by atoms with van der Waals surface area (Å²) in [6, 6.07) is 9.07. The van der Waals surface area contributed by atoms with Gasteiger partial charge >= 0.3 is 5.97 Å². The number of carbonyl (C=O) groups is 1. The molecule has 1 aromatic heterocycles. The van der Waals surface area contributed by atoms with E-state index in [4.69, 9.17) is 4.74 Å². The number of hydrogen-bond donors (Lipinski definition) is 0. The maximum Gasteiger partial charge on any atom is 0.303 e. The van der Waals surface area contributed by atoms with E-state index < -0.39 is 23.5 Å². The first-order chi connectivity index (χ1) is 9.56. The van der Waals surface area contributed by atoms with Crippen LogP contribution in [0.2, 0.25) is 0 Å². The summed E-state index contributed by atoms with van der Waals surface area (Å²) in [5.41, 5.74) is 0.946. The van der Waals surface area contributed by atoms with Crippen LogP contribution in [0.15, 0.2) is 36.5 Å². The van der Waals surface area contributed by atoms with Crippen molar-refractivity contribution in [2.75, 3.05) is 6.54 Å². The Bertz CT molecular complexity index is 595. The van der Waals surface area contributed by atoms with E-state index in [0.29, 0.717) is 5.69 Å². The maximum absolute atomic E-state index is 11.0. The van der Waals surface area contributed by atoms with Crippen molar-refractivity contribution in [1.29, 1.82) is 0 Å². The number of aromatic nitrogens is 3. The van der Waals surface area contributed by atoms with Crippen molar-refractivity contribution in [2.45, 2.75) is 13.0 Å². The van der Waals surface area contributed by atoms with E-state index in [9.17, 15) is 14.9 Å². The molecule has 0 spiro atoms. The molecule has 1 aromatic carbocycles. The lowest BCUT2D eigenvalue weighted by Crippen LogP contribution is -2.18. The summed E-state index contributed by atoms with van der Waals surface area (Å²) in [5, 5.41) is 18.7. The molecule has 1 heterocycles. The van der Waals surface area contributed by atoms with Crippen LogP contribution in [0.5, 0.6) is 0 Å². The van der Waals surface area contributed by atoms with Crippen LogP contribution in [-0.4, -0.2) is 32.4 Å². The first kappa shape index (κ1) is 13.7. The Labute approximate surface area is 114 Å². The fourth-order valence-electron chi connectivity index (χ4n) is 1.64. The van der Waals surface area contributed by atoms with Gasteiger partial charge < -0.3 is 4.74 Å². The average molecular weight is 276 g/mol. The van der Waals surface area contributed by atoms with Crippen molar-refractivity contribution in [3.63, 3.8) is 0 Å². The van der Waals surface area contributed by atoms with Crippen LogP contribution in [0.1, 0.15) is 18.7 Å². The van der Waals surface area contributed by atoms with Gasteiger partial charge in [-0.2, -0.15) is 9.90 Å². The van der Waals surface area contributed by atoms with Crippen LogP contribution >= 0.6 is 0 Å². The van der Waals surface area contributed by atoms with Gasteiger partial charge in [-0.25, -0.2) is 0 Å². The predicted octanol–water partition coefficient (Wildman–Crippen LogP) is 1.15. The van der Waals surface area contributed by atoms with Crippen LogP contribution in [0.25, 0.3) is 5.69 Å². The number of carbonyl (C=O) groups excluding carboxylic acids is 1. The number of benzene rings is 1. The van der Waals surface area contributed by atoms with Gasteiger partial charge in [-0.3, -0.25) is 14.9 Å². The first-order valence-corrected chi connectivity index (χ1v) is 5.83. The minimum Gasteiger partial charge on any atom is -0.449 e. The van der Waals surface area contributed by atoms with Gasteiger partial charge in [0.2, 0.25) is 12.6 Å². The molecule has 0 saturated carbocycles. The standard InChI is InChI=1S/C12H12N4O4/c1-9(17)20-12(8-15(18)19)11-7-13-16(14-11)10-5-3-2-4-6-10/h2-7,12H,8H2,1H3/t12-/m1/s1. The van der Waals surface area contributed by atoms with Crippen LogP contribution in [-0.2, 0) is 9.53 Å². The highest BCUT2D eigenvalue weighted by molar-refractivity contribution is 5.66. The summed E-state index contributed by atoms with van der Waals surface area (Å²) < 4.78 is 4.90. The first-order valence-electron chi connectivity index (χ1n) is 5.83. The zero-order valence-electron chi connectivity index (χ0n) is 10.7. The number of nitro groups is 1. The highest BCUT2D eigenvalue weighted by Crippen LogP contribution is 2.16. The molecule has 8 nitrogen and oxygen atoms in total. The molecule has 0 aliphatic carbocycles. The normalized spacial score (nSPS) is 11.8. The smallest absolute Gasteiger partial charge is 0.303 e. The molecule has 0 bridgehead atoms. The van der Waals surface area contributed by atoms with Gasteiger partial charge in [0, 0.05) is 11.8 Å². The third-order valence-electron chi connectivity index (χ3n) is 2.45. The fraction of sp³-hybridized carbons (Fsp3) is 0.250. The van der Waals surface area contributed by atoms with Gasteiger partial charge in [0.1, 0.15) is 5.69 Å². The molecule has 0 N–H and O–H groups in total. The van der Waals surface area contributed by atoms with E-state index >= 15 is 0 Å². The zero-order chi connectivity index (χ0) is 14.5. The van der Waals surface area contributed by atoms with E-state index in [1.807, 2.05) is 18.2 Å². The van der Waals surface area contributed by atoms with Crippen LogP contribution in [0, 0.1) is 10.1 Å². The van der Waals surface area contributed by atoms with Crippen LogP contribution in [0.3, 0.4) is 0 Å². The van der Waals surface area contributed by atoms with E-state index in [-0.39, 0.29) is 5.69 Å². The second-order valence-electron chi connectivity index (χ2n) is 4.01.